The van der Waals surface area contributed by atoms with Gasteiger partial charge in [0.1, 0.15) is 11.6 Å². The standard InChI is InChI=1S/C33H35ClFN5O4S/c1-8-28(41)38-16-21(6)39(17-20(38)5)31-25-15-26(34)29(23-11-9-10-12-27(23)35)36-32(25)40(33(42)37-31)30-19(4)13-22(45(7,43)44)14-24(30)18(2)3/h8-15,18,20-21H,1,16-17H2,2-7H3. The predicted octanol–water partition coefficient (Wildman–Crippen LogP) is 5.69. The highest BCUT2D eigenvalue weighted by atomic mass is 35.5. The number of benzene rings is 2. The summed E-state index contributed by atoms with van der Waals surface area (Å²) < 4.78 is 41.5. The van der Waals surface area contributed by atoms with E-state index in [0.717, 1.165) is 6.26 Å². The maximum absolute atomic E-state index is 15.1. The smallest absolute Gasteiger partial charge is 0.349 e. The number of carbonyl (C=O) groups is 1. The van der Waals surface area contributed by atoms with Crippen LogP contribution in [0.5, 0.6) is 0 Å². The van der Waals surface area contributed by atoms with Gasteiger partial charge in [-0.1, -0.05) is 44.2 Å². The van der Waals surface area contributed by atoms with Gasteiger partial charge in [0.2, 0.25) is 5.91 Å². The Labute approximate surface area is 266 Å². The molecule has 3 heterocycles. The van der Waals surface area contributed by atoms with Crippen LogP contribution in [0.4, 0.5) is 10.2 Å². The maximum Gasteiger partial charge on any atom is 0.355 e. The molecule has 2 aromatic heterocycles. The van der Waals surface area contributed by atoms with Crippen LogP contribution in [0.2, 0.25) is 5.02 Å². The summed E-state index contributed by atoms with van der Waals surface area (Å²) in [6, 6.07) is 10.4. The van der Waals surface area contributed by atoms with E-state index in [0.29, 0.717) is 41.1 Å². The van der Waals surface area contributed by atoms with E-state index in [4.69, 9.17) is 16.6 Å². The van der Waals surface area contributed by atoms with E-state index >= 15 is 4.39 Å². The van der Waals surface area contributed by atoms with Gasteiger partial charge in [0.25, 0.3) is 0 Å². The van der Waals surface area contributed by atoms with Crippen LogP contribution in [-0.4, -0.2) is 65.2 Å². The number of anilines is 1. The Hall–Kier alpha value is -4.09. The Kier molecular flexibility index (Phi) is 8.63. The normalized spacial score (nSPS) is 17.3. The van der Waals surface area contributed by atoms with Crippen molar-refractivity contribution in [3.8, 4) is 16.9 Å². The van der Waals surface area contributed by atoms with Crippen molar-refractivity contribution in [1.82, 2.24) is 19.4 Å². The minimum absolute atomic E-state index is 0.132. The van der Waals surface area contributed by atoms with Crippen LogP contribution in [0.15, 0.2) is 64.8 Å². The number of amides is 1. The lowest BCUT2D eigenvalue weighted by Gasteiger charge is -2.44. The van der Waals surface area contributed by atoms with Crippen molar-refractivity contribution in [3.63, 3.8) is 0 Å². The Morgan fingerprint density at radius 3 is 2.42 bits per heavy atom. The molecule has 0 spiro atoms. The number of piperazine rings is 1. The lowest BCUT2D eigenvalue weighted by Crippen LogP contribution is -2.58. The zero-order valence-electron chi connectivity index (χ0n) is 26.0. The molecule has 4 aromatic rings. The van der Waals surface area contributed by atoms with Crippen LogP contribution in [0.1, 0.15) is 44.7 Å². The van der Waals surface area contributed by atoms with E-state index in [9.17, 15) is 18.0 Å². The van der Waals surface area contributed by atoms with Gasteiger partial charge in [-0.05, 0) is 74.2 Å². The van der Waals surface area contributed by atoms with E-state index < -0.39 is 21.3 Å². The number of pyridine rings is 1. The molecule has 0 saturated carbocycles. The molecule has 2 unspecified atom stereocenters. The van der Waals surface area contributed by atoms with Crippen molar-refractivity contribution in [2.24, 2.45) is 0 Å². The summed E-state index contributed by atoms with van der Waals surface area (Å²) in [5.41, 5.74) is 1.44. The molecule has 1 aliphatic rings. The topological polar surface area (TPSA) is 105 Å². The molecule has 1 aliphatic heterocycles. The molecule has 0 radical (unpaired) electrons. The van der Waals surface area contributed by atoms with Gasteiger partial charge in [-0.15, -0.1) is 0 Å². The molecule has 236 valence electrons. The third-order valence-electron chi connectivity index (χ3n) is 8.22. The van der Waals surface area contributed by atoms with Crippen molar-refractivity contribution < 1.29 is 17.6 Å². The van der Waals surface area contributed by atoms with Gasteiger partial charge in [-0.25, -0.2) is 27.2 Å². The predicted molar refractivity (Wildman–Crippen MR) is 176 cm³/mol. The third-order valence-corrected chi connectivity index (χ3v) is 9.60. The number of rotatable bonds is 6. The number of hydrogen-bond acceptors (Lipinski definition) is 7. The van der Waals surface area contributed by atoms with Crippen molar-refractivity contribution in [2.45, 2.75) is 57.5 Å². The van der Waals surface area contributed by atoms with E-state index in [1.807, 2.05) is 32.6 Å². The first-order valence-corrected chi connectivity index (χ1v) is 16.8. The minimum Gasteiger partial charge on any atom is -0.349 e. The SMILES string of the molecule is C=CC(=O)N1CC(C)N(c2nc(=O)n(-c3c(C)cc(S(C)(=O)=O)cc3C(C)C)c3nc(-c4ccccc4F)c(Cl)cc23)CC1C. The lowest BCUT2D eigenvalue weighted by atomic mass is 9.97. The number of carbonyl (C=O) groups excluding carboxylic acids is 1. The van der Waals surface area contributed by atoms with E-state index in [1.165, 1.54) is 22.8 Å². The Balaban J connectivity index is 1.86. The number of aromatic nitrogens is 3. The fourth-order valence-electron chi connectivity index (χ4n) is 5.95. The highest BCUT2D eigenvalue weighted by Crippen LogP contribution is 2.37. The molecule has 1 amide bonds. The average molecular weight is 652 g/mol. The zero-order valence-corrected chi connectivity index (χ0v) is 27.6. The Morgan fingerprint density at radius 2 is 1.80 bits per heavy atom. The van der Waals surface area contributed by atoms with Crippen molar-refractivity contribution in [2.75, 3.05) is 24.2 Å². The summed E-state index contributed by atoms with van der Waals surface area (Å²) in [6.07, 6.45) is 2.42. The first-order valence-electron chi connectivity index (χ1n) is 14.6. The molecule has 12 heteroatoms. The van der Waals surface area contributed by atoms with E-state index in [2.05, 4.69) is 11.6 Å². The van der Waals surface area contributed by atoms with E-state index in [1.54, 1.807) is 42.2 Å². The Morgan fingerprint density at radius 1 is 1.11 bits per heavy atom. The van der Waals surface area contributed by atoms with Crippen LogP contribution in [0, 0.1) is 12.7 Å². The van der Waals surface area contributed by atoms with Gasteiger partial charge in [0.15, 0.2) is 15.5 Å². The van der Waals surface area contributed by atoms with Crippen LogP contribution >= 0.6 is 11.6 Å². The molecule has 45 heavy (non-hydrogen) atoms. The third kappa shape index (κ3) is 5.86. The van der Waals surface area contributed by atoms with Gasteiger partial charge in [-0.2, -0.15) is 4.98 Å². The molecule has 9 nitrogen and oxygen atoms in total. The summed E-state index contributed by atoms with van der Waals surface area (Å²) >= 11 is 6.80. The molecule has 1 fully saturated rings. The molecule has 1 saturated heterocycles. The van der Waals surface area contributed by atoms with E-state index in [-0.39, 0.29) is 50.7 Å². The minimum atomic E-state index is -3.55. The second kappa shape index (κ2) is 12.0. The number of sulfone groups is 1. The summed E-state index contributed by atoms with van der Waals surface area (Å²) in [4.78, 5) is 39.9. The summed E-state index contributed by atoms with van der Waals surface area (Å²) in [5, 5.41) is 0.610. The first kappa shape index (κ1) is 32.3. The van der Waals surface area contributed by atoms with Crippen molar-refractivity contribution in [3.05, 3.63) is 87.6 Å². The molecular formula is C33H35ClFN5O4S. The lowest BCUT2D eigenvalue weighted by molar-refractivity contribution is -0.128. The molecule has 0 bridgehead atoms. The second-order valence-corrected chi connectivity index (χ2v) is 14.3. The molecule has 5 rings (SSSR count). The van der Waals surface area contributed by atoms with Gasteiger partial charge >= 0.3 is 5.69 Å². The highest BCUT2D eigenvalue weighted by Gasteiger charge is 2.34. The zero-order chi connectivity index (χ0) is 33.0. The number of nitrogens with zero attached hydrogens (tertiary/aromatic N) is 5. The van der Waals surface area contributed by atoms with Crippen LogP contribution in [0.3, 0.4) is 0 Å². The highest BCUT2D eigenvalue weighted by molar-refractivity contribution is 7.90. The monoisotopic (exact) mass is 651 g/mol. The fraction of sp³-hybridized carbons (Fsp3) is 0.333. The van der Waals surface area contributed by atoms with Crippen LogP contribution < -0.4 is 10.6 Å². The largest absolute Gasteiger partial charge is 0.355 e. The first-order chi connectivity index (χ1) is 21.1. The summed E-state index contributed by atoms with van der Waals surface area (Å²) in [6.45, 7) is 13.7. The maximum atomic E-state index is 15.1. The van der Waals surface area contributed by atoms with Crippen molar-refractivity contribution in [1.29, 1.82) is 0 Å². The number of fused-ring (bicyclic) bond motifs is 1. The summed E-state index contributed by atoms with van der Waals surface area (Å²) in [7, 11) is -3.55. The van der Waals surface area contributed by atoms with Crippen molar-refractivity contribution >= 4 is 44.2 Å². The van der Waals surface area contributed by atoms with Gasteiger partial charge in [-0.3, -0.25) is 4.79 Å². The molecular weight excluding hydrogens is 617 g/mol. The van der Waals surface area contributed by atoms with Crippen LogP contribution in [-0.2, 0) is 14.6 Å². The number of aryl methyl sites for hydroxylation is 1. The molecule has 0 N–H and O–H groups in total. The molecule has 2 atom stereocenters. The van der Waals surface area contributed by atoms with Gasteiger partial charge < -0.3 is 9.80 Å². The quantitative estimate of drug-likeness (QED) is 0.247. The number of hydrogen-bond donors (Lipinski definition) is 0. The van der Waals surface area contributed by atoms with Gasteiger partial charge in [0, 0.05) is 37.0 Å². The fourth-order valence-corrected chi connectivity index (χ4v) is 6.93. The number of halogens is 2. The van der Waals surface area contributed by atoms with Crippen LogP contribution in [0.25, 0.3) is 28.0 Å². The summed E-state index contributed by atoms with van der Waals surface area (Å²) in [5.74, 6) is -0.564. The van der Waals surface area contributed by atoms with Gasteiger partial charge in [0.05, 0.1) is 26.7 Å². The molecule has 0 aliphatic carbocycles. The second-order valence-electron chi connectivity index (χ2n) is 11.9. The molecule has 2 aromatic carbocycles. The Bertz CT molecular complexity index is 2030. The average Bonchev–Trinajstić information content (AvgIpc) is 2.97.